The van der Waals surface area contributed by atoms with E-state index < -0.39 is 9.84 Å². The summed E-state index contributed by atoms with van der Waals surface area (Å²) in [5.74, 6) is 1.21. The molecule has 3 rings (SSSR count). The summed E-state index contributed by atoms with van der Waals surface area (Å²) in [6, 6.07) is 19.6. The first-order valence-electron chi connectivity index (χ1n) is 7.45. The Morgan fingerprint density at radius 1 is 0.958 bits per heavy atom. The second-order valence-corrected chi connectivity index (χ2v) is 8.67. The molecule has 0 aliphatic carbocycles. The zero-order valence-corrected chi connectivity index (χ0v) is 14.8. The highest BCUT2D eigenvalue weighted by molar-refractivity contribution is 8.00. The van der Waals surface area contributed by atoms with E-state index in [1.54, 1.807) is 0 Å². The van der Waals surface area contributed by atoms with E-state index in [9.17, 15) is 8.42 Å². The third-order valence-electron chi connectivity index (χ3n) is 3.37. The predicted octanol–water partition coefficient (Wildman–Crippen LogP) is 4.15. The van der Waals surface area contributed by atoms with Crippen LogP contribution < -0.4 is 0 Å². The van der Waals surface area contributed by atoms with Crippen LogP contribution >= 0.6 is 11.8 Å². The van der Waals surface area contributed by atoms with E-state index in [-0.39, 0.29) is 5.75 Å². The maximum Gasteiger partial charge on any atom is 0.256 e. The molecule has 0 radical (unpaired) electrons. The standard InChI is InChI=1S/C18H17NO3S2/c1-24(20,21)13-12-23-18-19-16(14-8-4-2-5-9-14)17(22-18)15-10-6-3-7-11-15/h2-11H,12-13H2,1H3. The molecule has 0 bridgehead atoms. The van der Waals surface area contributed by atoms with Gasteiger partial charge in [-0.1, -0.05) is 72.4 Å². The Hall–Kier alpha value is -2.05. The Bertz CT molecular complexity index is 847. The van der Waals surface area contributed by atoms with E-state index in [2.05, 4.69) is 4.98 Å². The molecule has 4 nitrogen and oxygen atoms in total. The molecule has 1 heterocycles. The SMILES string of the molecule is CS(=O)(=O)CCSc1nc(-c2ccccc2)c(-c2ccccc2)o1. The third kappa shape index (κ3) is 4.27. The number of rotatable bonds is 6. The van der Waals surface area contributed by atoms with Crippen LogP contribution in [-0.4, -0.2) is 31.2 Å². The summed E-state index contributed by atoms with van der Waals surface area (Å²) in [6.07, 6.45) is 1.23. The topological polar surface area (TPSA) is 60.2 Å². The van der Waals surface area contributed by atoms with Crippen LogP contribution in [0.2, 0.25) is 0 Å². The highest BCUT2D eigenvalue weighted by Crippen LogP contribution is 2.35. The van der Waals surface area contributed by atoms with Gasteiger partial charge >= 0.3 is 0 Å². The van der Waals surface area contributed by atoms with E-state index in [0.717, 1.165) is 16.8 Å². The zero-order chi connectivity index (χ0) is 17.0. The Morgan fingerprint density at radius 3 is 2.12 bits per heavy atom. The molecule has 0 aliphatic rings. The monoisotopic (exact) mass is 359 g/mol. The lowest BCUT2D eigenvalue weighted by molar-refractivity contribution is 0.466. The van der Waals surface area contributed by atoms with Crippen LogP contribution in [0.3, 0.4) is 0 Å². The number of hydrogen-bond acceptors (Lipinski definition) is 5. The van der Waals surface area contributed by atoms with Gasteiger partial charge in [0, 0.05) is 23.1 Å². The van der Waals surface area contributed by atoms with Crippen molar-refractivity contribution < 1.29 is 12.8 Å². The van der Waals surface area contributed by atoms with E-state index in [1.165, 1.54) is 18.0 Å². The van der Waals surface area contributed by atoms with Gasteiger partial charge in [-0.15, -0.1) is 0 Å². The van der Waals surface area contributed by atoms with Crippen LogP contribution in [0.4, 0.5) is 0 Å². The minimum absolute atomic E-state index is 0.0986. The molecule has 0 fully saturated rings. The van der Waals surface area contributed by atoms with Crippen molar-refractivity contribution in [2.24, 2.45) is 0 Å². The highest BCUT2D eigenvalue weighted by atomic mass is 32.2. The number of thioether (sulfide) groups is 1. The molecule has 6 heteroatoms. The number of benzene rings is 2. The minimum Gasteiger partial charge on any atom is -0.431 e. The zero-order valence-electron chi connectivity index (χ0n) is 13.2. The van der Waals surface area contributed by atoms with Gasteiger partial charge in [0.05, 0.1) is 5.75 Å². The number of sulfone groups is 1. The second kappa shape index (κ2) is 7.23. The van der Waals surface area contributed by atoms with Gasteiger partial charge in [-0.3, -0.25) is 0 Å². The summed E-state index contributed by atoms with van der Waals surface area (Å²) < 4.78 is 28.5. The first-order valence-corrected chi connectivity index (χ1v) is 10.5. The van der Waals surface area contributed by atoms with Gasteiger partial charge in [0.2, 0.25) is 0 Å². The molecule has 0 atom stereocenters. The Labute approximate surface area is 145 Å². The fraction of sp³-hybridized carbons (Fsp3) is 0.167. The molecule has 0 unspecified atom stereocenters. The molecule has 0 aliphatic heterocycles. The van der Waals surface area contributed by atoms with Gasteiger partial charge in [0.25, 0.3) is 5.22 Å². The molecule has 0 amide bonds. The maximum absolute atomic E-state index is 11.3. The van der Waals surface area contributed by atoms with Crippen molar-refractivity contribution in [3.05, 3.63) is 60.7 Å². The molecule has 2 aromatic carbocycles. The first kappa shape index (κ1) is 16.8. The lowest BCUT2D eigenvalue weighted by Crippen LogP contribution is -2.04. The molecule has 0 saturated carbocycles. The third-order valence-corrected chi connectivity index (χ3v) is 5.40. The van der Waals surface area contributed by atoms with Crippen LogP contribution in [0.1, 0.15) is 0 Å². The average Bonchev–Trinajstić information content (AvgIpc) is 2.99. The van der Waals surface area contributed by atoms with Crippen LogP contribution in [0.25, 0.3) is 22.6 Å². The fourth-order valence-electron chi connectivity index (χ4n) is 2.22. The van der Waals surface area contributed by atoms with Crippen LogP contribution in [0.15, 0.2) is 70.3 Å². The van der Waals surface area contributed by atoms with Crippen molar-refractivity contribution in [1.29, 1.82) is 0 Å². The number of oxazole rings is 1. The Balaban J connectivity index is 1.94. The lowest BCUT2D eigenvalue weighted by atomic mass is 10.1. The normalized spacial score (nSPS) is 11.5. The number of aromatic nitrogens is 1. The van der Waals surface area contributed by atoms with E-state index >= 15 is 0 Å². The van der Waals surface area contributed by atoms with Gasteiger partial charge in [0.15, 0.2) is 5.76 Å². The van der Waals surface area contributed by atoms with Crippen molar-refractivity contribution in [2.75, 3.05) is 17.8 Å². The molecule has 0 saturated heterocycles. The van der Waals surface area contributed by atoms with Crippen molar-refractivity contribution in [2.45, 2.75) is 5.22 Å². The fourth-order valence-corrected chi connectivity index (χ4v) is 4.24. The quantitative estimate of drug-likeness (QED) is 0.619. The molecule has 0 N–H and O–H groups in total. The highest BCUT2D eigenvalue weighted by Gasteiger charge is 2.17. The summed E-state index contributed by atoms with van der Waals surface area (Å²) >= 11 is 1.31. The second-order valence-electron chi connectivity index (χ2n) is 5.37. The van der Waals surface area contributed by atoms with E-state index in [1.807, 2.05) is 60.7 Å². The summed E-state index contributed by atoms with van der Waals surface area (Å²) in [7, 11) is -2.99. The van der Waals surface area contributed by atoms with E-state index in [4.69, 9.17) is 4.42 Å². The predicted molar refractivity (Wildman–Crippen MR) is 97.8 cm³/mol. The summed E-state index contributed by atoms with van der Waals surface area (Å²) in [5.41, 5.74) is 2.68. The molecule has 0 spiro atoms. The first-order chi connectivity index (χ1) is 11.5. The van der Waals surface area contributed by atoms with Crippen molar-refractivity contribution in [1.82, 2.24) is 4.98 Å². The summed E-state index contributed by atoms with van der Waals surface area (Å²) in [4.78, 5) is 4.58. The summed E-state index contributed by atoms with van der Waals surface area (Å²) in [6.45, 7) is 0. The molecule has 24 heavy (non-hydrogen) atoms. The van der Waals surface area contributed by atoms with Crippen LogP contribution in [0, 0.1) is 0 Å². The van der Waals surface area contributed by atoms with Crippen molar-refractivity contribution in [3.8, 4) is 22.6 Å². The minimum atomic E-state index is -2.99. The average molecular weight is 359 g/mol. The van der Waals surface area contributed by atoms with E-state index in [0.29, 0.717) is 16.7 Å². The lowest BCUT2D eigenvalue weighted by Gasteiger charge is -2.00. The molecular weight excluding hydrogens is 342 g/mol. The smallest absolute Gasteiger partial charge is 0.256 e. The molecule has 1 aromatic heterocycles. The molecule has 124 valence electrons. The maximum atomic E-state index is 11.3. The molecular formula is C18H17NO3S2. The van der Waals surface area contributed by atoms with Crippen LogP contribution in [-0.2, 0) is 9.84 Å². The molecule has 3 aromatic rings. The van der Waals surface area contributed by atoms with Crippen molar-refractivity contribution >= 4 is 21.6 Å². The number of nitrogens with zero attached hydrogens (tertiary/aromatic N) is 1. The van der Waals surface area contributed by atoms with Crippen LogP contribution in [0.5, 0.6) is 0 Å². The van der Waals surface area contributed by atoms with Crippen molar-refractivity contribution in [3.63, 3.8) is 0 Å². The Kier molecular flexibility index (Phi) is 5.06. The Morgan fingerprint density at radius 2 is 1.54 bits per heavy atom. The number of hydrogen-bond donors (Lipinski definition) is 0. The largest absolute Gasteiger partial charge is 0.431 e. The van der Waals surface area contributed by atoms with Gasteiger partial charge in [-0.05, 0) is 0 Å². The van der Waals surface area contributed by atoms with Gasteiger partial charge in [-0.2, -0.15) is 0 Å². The van der Waals surface area contributed by atoms with Gasteiger partial charge in [-0.25, -0.2) is 13.4 Å². The summed E-state index contributed by atoms with van der Waals surface area (Å²) in [5, 5.41) is 0.483. The van der Waals surface area contributed by atoms with Gasteiger partial charge < -0.3 is 4.42 Å². The van der Waals surface area contributed by atoms with Gasteiger partial charge in [0.1, 0.15) is 15.5 Å².